The molecule has 0 radical (unpaired) electrons. The molecule has 0 aromatic heterocycles. The molecule has 10 unspecified atom stereocenters. The Labute approximate surface area is 137 Å². The van der Waals surface area contributed by atoms with Crippen molar-refractivity contribution in [3.05, 3.63) is 0 Å². The molecule has 0 amide bonds. The number of alkyl halides is 1. The second kappa shape index (κ2) is 7.44. The van der Waals surface area contributed by atoms with E-state index in [0.29, 0.717) is 0 Å². The number of halogens is 1. The molecule has 10 atom stereocenters. The lowest BCUT2D eigenvalue weighted by atomic mass is 9.61. The van der Waals surface area contributed by atoms with Crippen LogP contribution in [0.2, 0.25) is 0 Å². The highest BCUT2D eigenvalue weighted by atomic mass is 19.1. The van der Waals surface area contributed by atoms with Crippen molar-refractivity contribution >= 4 is 0 Å². The van der Waals surface area contributed by atoms with Crippen molar-refractivity contribution in [2.45, 2.75) is 61.4 Å². The SMILES string of the molecule is OCC1OC(O)C(F)C(O)C1CCC(O)C1(O)C(O)C(O)C1CO. The summed E-state index contributed by atoms with van der Waals surface area (Å²) in [5, 5.41) is 77.2. The molecule has 10 heteroatoms. The lowest BCUT2D eigenvalue weighted by Crippen LogP contribution is -2.75. The molecule has 0 aromatic rings. The van der Waals surface area contributed by atoms with Crippen molar-refractivity contribution in [3.8, 4) is 0 Å². The Kier molecular flexibility index (Phi) is 6.17. The number of rotatable bonds is 6. The zero-order valence-corrected chi connectivity index (χ0v) is 12.9. The van der Waals surface area contributed by atoms with Crippen LogP contribution in [-0.4, -0.2) is 103 Å². The van der Waals surface area contributed by atoms with Crippen LogP contribution >= 0.6 is 0 Å². The Hall–Kier alpha value is -0.430. The van der Waals surface area contributed by atoms with Crippen molar-refractivity contribution < 1.29 is 50.0 Å². The van der Waals surface area contributed by atoms with E-state index in [9.17, 15) is 40.1 Å². The highest BCUT2D eigenvalue weighted by Crippen LogP contribution is 2.43. The summed E-state index contributed by atoms with van der Waals surface area (Å²) in [7, 11) is 0. The highest BCUT2D eigenvalue weighted by Gasteiger charge is 2.64. The molecule has 2 aliphatic rings. The van der Waals surface area contributed by atoms with Crippen LogP contribution in [0.4, 0.5) is 4.39 Å². The summed E-state index contributed by atoms with van der Waals surface area (Å²) < 4.78 is 18.5. The smallest absolute Gasteiger partial charge is 0.189 e. The zero-order chi connectivity index (χ0) is 18.2. The number of hydrogen-bond donors (Lipinski definition) is 8. The van der Waals surface area contributed by atoms with Crippen LogP contribution in [0.1, 0.15) is 12.8 Å². The number of aliphatic hydroxyl groups is 8. The first-order valence-corrected chi connectivity index (χ1v) is 7.84. The number of aliphatic hydroxyl groups excluding tert-OH is 7. The van der Waals surface area contributed by atoms with Crippen molar-refractivity contribution in [2.75, 3.05) is 13.2 Å². The summed E-state index contributed by atoms with van der Waals surface area (Å²) in [5.74, 6) is -2.10. The van der Waals surface area contributed by atoms with Gasteiger partial charge in [-0.15, -0.1) is 0 Å². The van der Waals surface area contributed by atoms with Crippen LogP contribution in [0.25, 0.3) is 0 Å². The molecule has 8 N–H and O–H groups in total. The third-order valence-corrected chi connectivity index (χ3v) is 5.32. The Morgan fingerprint density at radius 2 is 1.67 bits per heavy atom. The van der Waals surface area contributed by atoms with E-state index >= 15 is 0 Å². The topological polar surface area (TPSA) is 171 Å². The van der Waals surface area contributed by atoms with Crippen LogP contribution in [0.15, 0.2) is 0 Å². The minimum absolute atomic E-state index is 0.0933. The van der Waals surface area contributed by atoms with Gasteiger partial charge in [-0.25, -0.2) is 4.39 Å². The van der Waals surface area contributed by atoms with Gasteiger partial charge in [-0.05, 0) is 12.8 Å². The number of hydrogen-bond acceptors (Lipinski definition) is 9. The summed E-state index contributed by atoms with van der Waals surface area (Å²) in [6, 6.07) is 0. The van der Waals surface area contributed by atoms with E-state index in [4.69, 9.17) is 9.84 Å². The van der Waals surface area contributed by atoms with Crippen molar-refractivity contribution in [1.82, 2.24) is 0 Å². The zero-order valence-electron chi connectivity index (χ0n) is 12.9. The van der Waals surface area contributed by atoms with Crippen molar-refractivity contribution in [1.29, 1.82) is 0 Å². The highest BCUT2D eigenvalue weighted by molar-refractivity contribution is 5.13. The third-order valence-electron chi connectivity index (χ3n) is 5.32. The van der Waals surface area contributed by atoms with E-state index in [1.54, 1.807) is 0 Å². The first kappa shape index (κ1) is 19.9. The Bertz CT molecular complexity index is 425. The molecular formula is C14H25FO9. The van der Waals surface area contributed by atoms with Gasteiger partial charge in [-0.3, -0.25) is 0 Å². The molecule has 1 aliphatic heterocycles. The maximum atomic E-state index is 13.7. The molecule has 2 rings (SSSR count). The summed E-state index contributed by atoms with van der Waals surface area (Å²) >= 11 is 0. The van der Waals surface area contributed by atoms with Crippen LogP contribution in [0.3, 0.4) is 0 Å². The first-order valence-electron chi connectivity index (χ1n) is 7.84. The fraction of sp³-hybridized carbons (Fsp3) is 1.00. The molecule has 0 spiro atoms. The second-order valence-electron chi connectivity index (χ2n) is 6.55. The van der Waals surface area contributed by atoms with Gasteiger partial charge in [0.1, 0.15) is 11.7 Å². The Morgan fingerprint density at radius 3 is 2.21 bits per heavy atom. The summed E-state index contributed by atoms with van der Waals surface area (Å²) in [5.41, 5.74) is -2.13. The molecule has 0 bridgehead atoms. The maximum Gasteiger partial charge on any atom is 0.189 e. The average molecular weight is 356 g/mol. The van der Waals surface area contributed by atoms with Crippen LogP contribution in [0.5, 0.6) is 0 Å². The van der Waals surface area contributed by atoms with Gasteiger partial charge in [0.2, 0.25) is 0 Å². The average Bonchev–Trinajstić information content (AvgIpc) is 2.57. The van der Waals surface area contributed by atoms with E-state index in [1.165, 1.54) is 0 Å². The first-order chi connectivity index (χ1) is 11.2. The van der Waals surface area contributed by atoms with Crippen LogP contribution in [0, 0.1) is 11.8 Å². The van der Waals surface area contributed by atoms with E-state index in [0.717, 1.165) is 0 Å². The molecule has 9 nitrogen and oxygen atoms in total. The summed E-state index contributed by atoms with van der Waals surface area (Å²) in [6.07, 6.45) is -11.6. The minimum atomic E-state index is -2.13. The molecule has 1 saturated heterocycles. The van der Waals surface area contributed by atoms with Gasteiger partial charge < -0.3 is 45.6 Å². The predicted octanol–water partition coefficient (Wildman–Crippen LogP) is -3.77. The number of ether oxygens (including phenoxy) is 1. The quantitative estimate of drug-likeness (QED) is 0.238. The molecule has 142 valence electrons. The van der Waals surface area contributed by atoms with Crippen LogP contribution in [-0.2, 0) is 4.74 Å². The lowest BCUT2D eigenvalue weighted by Gasteiger charge is -2.55. The standard InChI is InChI=1S/C14H25FO9/c15-9-10(19)5(7(4-17)24-13(9)22)1-2-8(18)14(23)6(3-16)11(20)12(14)21/h5-13,16-23H,1-4H2. The summed E-state index contributed by atoms with van der Waals surface area (Å²) in [6.45, 7) is -1.24. The van der Waals surface area contributed by atoms with Gasteiger partial charge >= 0.3 is 0 Å². The van der Waals surface area contributed by atoms with Crippen molar-refractivity contribution in [2.24, 2.45) is 11.8 Å². The van der Waals surface area contributed by atoms with E-state index in [1.807, 2.05) is 0 Å². The molecule has 1 heterocycles. The molecule has 24 heavy (non-hydrogen) atoms. The molecule has 0 aromatic carbocycles. The molecule has 1 saturated carbocycles. The summed E-state index contributed by atoms with van der Waals surface area (Å²) in [4.78, 5) is 0. The normalized spacial score (nSPS) is 50.4. The van der Waals surface area contributed by atoms with Gasteiger partial charge in [-0.2, -0.15) is 0 Å². The fourth-order valence-electron chi connectivity index (χ4n) is 3.66. The molecule has 1 aliphatic carbocycles. The Morgan fingerprint density at radius 1 is 1.04 bits per heavy atom. The van der Waals surface area contributed by atoms with Gasteiger partial charge in [0, 0.05) is 11.8 Å². The molecule has 2 fully saturated rings. The van der Waals surface area contributed by atoms with Crippen molar-refractivity contribution in [3.63, 3.8) is 0 Å². The third kappa shape index (κ3) is 3.06. The maximum absolute atomic E-state index is 13.7. The molecular weight excluding hydrogens is 331 g/mol. The van der Waals surface area contributed by atoms with Gasteiger partial charge in [0.15, 0.2) is 12.5 Å². The van der Waals surface area contributed by atoms with Gasteiger partial charge in [-0.1, -0.05) is 0 Å². The lowest BCUT2D eigenvalue weighted by molar-refractivity contribution is -0.303. The van der Waals surface area contributed by atoms with Gasteiger partial charge in [0.05, 0.1) is 37.6 Å². The largest absolute Gasteiger partial charge is 0.396 e. The van der Waals surface area contributed by atoms with E-state index in [2.05, 4.69) is 0 Å². The monoisotopic (exact) mass is 356 g/mol. The predicted molar refractivity (Wildman–Crippen MR) is 75.1 cm³/mol. The fourth-order valence-corrected chi connectivity index (χ4v) is 3.66. The van der Waals surface area contributed by atoms with Crippen LogP contribution < -0.4 is 0 Å². The van der Waals surface area contributed by atoms with E-state index < -0.39 is 73.6 Å². The minimum Gasteiger partial charge on any atom is -0.396 e. The van der Waals surface area contributed by atoms with E-state index in [-0.39, 0.29) is 12.8 Å². The Balaban J connectivity index is 2.01. The van der Waals surface area contributed by atoms with Gasteiger partial charge in [0.25, 0.3) is 0 Å². The second-order valence-corrected chi connectivity index (χ2v) is 6.55.